The van der Waals surface area contributed by atoms with E-state index in [9.17, 15) is 0 Å². The molecular formula is C14H26. The van der Waals surface area contributed by atoms with Crippen molar-refractivity contribution in [2.24, 2.45) is 17.3 Å². The van der Waals surface area contributed by atoms with Gasteiger partial charge in [0, 0.05) is 0 Å². The van der Waals surface area contributed by atoms with Gasteiger partial charge in [-0.25, -0.2) is 0 Å². The molecule has 82 valence electrons. The second-order valence-corrected chi connectivity index (χ2v) is 6.41. The normalized spacial score (nSPS) is 38.1. The van der Waals surface area contributed by atoms with Crippen LogP contribution in [0.3, 0.4) is 0 Å². The number of hydrogen-bond donors (Lipinski definition) is 0. The lowest BCUT2D eigenvalue weighted by Crippen LogP contribution is -2.10. The second kappa shape index (κ2) is 4.24. The predicted octanol–water partition coefficient (Wildman–Crippen LogP) is 4.78. The van der Waals surface area contributed by atoms with Gasteiger partial charge in [-0.1, -0.05) is 52.4 Å². The van der Waals surface area contributed by atoms with E-state index in [-0.39, 0.29) is 0 Å². The summed E-state index contributed by atoms with van der Waals surface area (Å²) in [5, 5.41) is 0. The Hall–Kier alpha value is 0. The summed E-state index contributed by atoms with van der Waals surface area (Å²) in [6.07, 6.45) is 13.6. The van der Waals surface area contributed by atoms with Gasteiger partial charge < -0.3 is 0 Å². The average Bonchev–Trinajstić information content (AvgIpc) is 2.85. The summed E-state index contributed by atoms with van der Waals surface area (Å²) < 4.78 is 0. The highest BCUT2D eigenvalue weighted by atomic mass is 14.4. The highest BCUT2D eigenvalue weighted by molar-refractivity contribution is 4.86. The summed E-state index contributed by atoms with van der Waals surface area (Å²) in [4.78, 5) is 0. The summed E-state index contributed by atoms with van der Waals surface area (Å²) >= 11 is 0. The minimum Gasteiger partial charge on any atom is -0.0599 e. The van der Waals surface area contributed by atoms with Gasteiger partial charge in [0.25, 0.3) is 0 Å². The molecule has 0 aliphatic heterocycles. The van der Waals surface area contributed by atoms with Crippen LogP contribution in [0, 0.1) is 17.3 Å². The monoisotopic (exact) mass is 194 g/mol. The van der Waals surface area contributed by atoms with Crippen molar-refractivity contribution in [3.8, 4) is 0 Å². The number of hydrogen-bond acceptors (Lipinski definition) is 0. The molecule has 0 spiro atoms. The van der Waals surface area contributed by atoms with E-state index in [0.29, 0.717) is 5.41 Å². The Balaban J connectivity index is 1.80. The third kappa shape index (κ3) is 3.00. The molecule has 2 aliphatic rings. The molecule has 0 aromatic rings. The Labute approximate surface area is 89.5 Å². The fourth-order valence-electron chi connectivity index (χ4n) is 3.16. The lowest BCUT2D eigenvalue weighted by Gasteiger charge is -2.24. The molecule has 14 heavy (non-hydrogen) atoms. The predicted molar refractivity (Wildman–Crippen MR) is 62.3 cm³/mol. The number of rotatable bonds is 0. The van der Waals surface area contributed by atoms with Crippen LogP contribution in [0.2, 0.25) is 0 Å². The van der Waals surface area contributed by atoms with Crippen molar-refractivity contribution in [2.45, 2.75) is 71.6 Å². The highest BCUT2D eigenvalue weighted by Crippen LogP contribution is 2.47. The van der Waals surface area contributed by atoms with E-state index in [2.05, 4.69) is 13.8 Å². The van der Waals surface area contributed by atoms with E-state index in [1.165, 1.54) is 38.5 Å². The second-order valence-electron chi connectivity index (χ2n) is 6.41. The lowest BCUT2D eigenvalue weighted by atomic mass is 9.82. The average molecular weight is 194 g/mol. The van der Waals surface area contributed by atoms with Gasteiger partial charge in [-0.05, 0) is 36.5 Å². The van der Waals surface area contributed by atoms with Crippen LogP contribution in [0.25, 0.3) is 0 Å². The van der Waals surface area contributed by atoms with E-state index in [4.69, 9.17) is 0 Å². The highest BCUT2D eigenvalue weighted by Gasteiger charge is 2.35. The topological polar surface area (TPSA) is 0 Å². The molecule has 0 N–H and O–H groups in total. The third-order valence-electron chi connectivity index (χ3n) is 4.43. The largest absolute Gasteiger partial charge is 0.0599 e. The summed E-state index contributed by atoms with van der Waals surface area (Å²) in [5.41, 5.74) is 0.633. The molecule has 0 heterocycles. The molecule has 0 aromatic carbocycles. The first-order valence-corrected chi connectivity index (χ1v) is 6.67. The van der Waals surface area contributed by atoms with Gasteiger partial charge in [-0.3, -0.25) is 0 Å². The first kappa shape index (κ1) is 10.5. The summed E-state index contributed by atoms with van der Waals surface area (Å²) in [6.45, 7) is 4.93. The van der Waals surface area contributed by atoms with Crippen LogP contribution >= 0.6 is 0 Å². The Morgan fingerprint density at radius 3 is 1.79 bits per heavy atom. The quantitative estimate of drug-likeness (QED) is 0.520. The maximum Gasteiger partial charge on any atom is -0.0354 e. The molecule has 2 unspecified atom stereocenters. The molecule has 0 bridgehead atoms. The van der Waals surface area contributed by atoms with Crippen molar-refractivity contribution >= 4 is 0 Å². The fraction of sp³-hybridized carbons (Fsp3) is 1.00. The summed E-state index contributed by atoms with van der Waals surface area (Å²) in [5.74, 6) is 2.30. The molecule has 0 nitrogen and oxygen atoms in total. The molecule has 0 amide bonds. The molecule has 2 fully saturated rings. The SMILES string of the molecule is CC1(C)CCCCC2CC2CCCC1. The summed E-state index contributed by atoms with van der Waals surface area (Å²) in [6, 6.07) is 0. The molecule has 2 atom stereocenters. The molecular weight excluding hydrogens is 168 g/mol. The standard InChI is InChI=1S/C14H26/c1-14(2)9-5-3-7-12-11-13(12)8-4-6-10-14/h12-13H,3-11H2,1-2H3. The molecule has 2 saturated carbocycles. The third-order valence-corrected chi connectivity index (χ3v) is 4.43. The van der Waals surface area contributed by atoms with Crippen molar-refractivity contribution in [2.75, 3.05) is 0 Å². The molecule has 0 heteroatoms. The Morgan fingerprint density at radius 1 is 0.786 bits per heavy atom. The van der Waals surface area contributed by atoms with Crippen LogP contribution in [0.5, 0.6) is 0 Å². The maximum atomic E-state index is 2.46. The minimum atomic E-state index is 0.633. The van der Waals surface area contributed by atoms with E-state index in [0.717, 1.165) is 11.8 Å². The Bertz CT molecular complexity index is 162. The van der Waals surface area contributed by atoms with Crippen LogP contribution in [-0.2, 0) is 0 Å². The fourth-order valence-corrected chi connectivity index (χ4v) is 3.16. The maximum absolute atomic E-state index is 2.46. The first-order valence-electron chi connectivity index (χ1n) is 6.67. The van der Waals surface area contributed by atoms with Gasteiger partial charge in [-0.15, -0.1) is 0 Å². The van der Waals surface area contributed by atoms with Crippen molar-refractivity contribution < 1.29 is 0 Å². The van der Waals surface area contributed by atoms with Crippen molar-refractivity contribution in [3.05, 3.63) is 0 Å². The van der Waals surface area contributed by atoms with Crippen LogP contribution in [0.1, 0.15) is 71.6 Å². The Morgan fingerprint density at radius 2 is 1.29 bits per heavy atom. The molecule has 0 saturated heterocycles. The zero-order valence-electron chi connectivity index (χ0n) is 10.0. The van der Waals surface area contributed by atoms with Crippen LogP contribution in [0.4, 0.5) is 0 Å². The summed E-state index contributed by atoms with van der Waals surface area (Å²) in [7, 11) is 0. The van der Waals surface area contributed by atoms with Crippen molar-refractivity contribution in [1.82, 2.24) is 0 Å². The van der Waals surface area contributed by atoms with Gasteiger partial charge in [0.2, 0.25) is 0 Å². The Kier molecular flexibility index (Phi) is 3.19. The van der Waals surface area contributed by atoms with E-state index < -0.39 is 0 Å². The van der Waals surface area contributed by atoms with E-state index in [1.54, 1.807) is 19.3 Å². The first-order chi connectivity index (χ1) is 6.67. The smallest absolute Gasteiger partial charge is 0.0354 e. The van der Waals surface area contributed by atoms with Gasteiger partial charge in [-0.2, -0.15) is 0 Å². The van der Waals surface area contributed by atoms with E-state index in [1.807, 2.05) is 0 Å². The van der Waals surface area contributed by atoms with Crippen LogP contribution in [0.15, 0.2) is 0 Å². The zero-order valence-corrected chi connectivity index (χ0v) is 10.0. The van der Waals surface area contributed by atoms with Gasteiger partial charge in [0.05, 0.1) is 0 Å². The van der Waals surface area contributed by atoms with Crippen LogP contribution in [-0.4, -0.2) is 0 Å². The van der Waals surface area contributed by atoms with E-state index >= 15 is 0 Å². The van der Waals surface area contributed by atoms with Crippen LogP contribution < -0.4 is 0 Å². The number of fused-ring (bicyclic) bond motifs is 1. The van der Waals surface area contributed by atoms with Gasteiger partial charge in [0.1, 0.15) is 0 Å². The van der Waals surface area contributed by atoms with Gasteiger partial charge >= 0.3 is 0 Å². The molecule has 0 aromatic heterocycles. The van der Waals surface area contributed by atoms with Crippen molar-refractivity contribution in [3.63, 3.8) is 0 Å². The molecule has 0 radical (unpaired) electrons. The zero-order chi connectivity index (χ0) is 10.0. The minimum absolute atomic E-state index is 0.633. The van der Waals surface area contributed by atoms with Crippen molar-refractivity contribution in [1.29, 1.82) is 0 Å². The lowest BCUT2D eigenvalue weighted by molar-refractivity contribution is 0.284. The molecule has 2 rings (SSSR count). The van der Waals surface area contributed by atoms with Gasteiger partial charge in [0.15, 0.2) is 0 Å². The molecule has 2 aliphatic carbocycles.